The Morgan fingerprint density at radius 1 is 1.04 bits per heavy atom. The maximum atomic E-state index is 12.3. The lowest BCUT2D eigenvalue weighted by molar-refractivity contribution is -0.111. The van der Waals surface area contributed by atoms with Gasteiger partial charge in [0.25, 0.3) is 0 Å². The van der Waals surface area contributed by atoms with Gasteiger partial charge in [0.05, 0.1) is 0 Å². The fourth-order valence-corrected chi connectivity index (χ4v) is 2.76. The number of anilines is 2. The topological polar surface area (TPSA) is 32.3 Å². The van der Waals surface area contributed by atoms with E-state index in [4.69, 9.17) is 0 Å². The van der Waals surface area contributed by atoms with Crippen LogP contribution in [0.1, 0.15) is 37.8 Å². The lowest BCUT2D eigenvalue weighted by atomic mass is 10.1. The molecule has 0 aliphatic carbocycles. The summed E-state index contributed by atoms with van der Waals surface area (Å²) in [5.41, 5.74) is 4.12. The molecule has 0 bridgehead atoms. The molecule has 2 rings (SSSR count). The predicted molar refractivity (Wildman–Crippen MR) is 108 cm³/mol. The molecule has 3 heteroatoms. The molecule has 0 atom stereocenters. The summed E-state index contributed by atoms with van der Waals surface area (Å²) in [6, 6.07) is 16.1. The highest BCUT2D eigenvalue weighted by molar-refractivity contribution is 6.02. The van der Waals surface area contributed by atoms with Crippen molar-refractivity contribution >= 4 is 23.4 Å². The van der Waals surface area contributed by atoms with Crippen molar-refractivity contribution in [1.29, 1.82) is 0 Å². The Morgan fingerprint density at radius 2 is 1.72 bits per heavy atom. The standard InChI is InChI=1S/C22H28N2O/c1-4-15-24(16-5-2)20-13-11-18(3)21(17-20)23-22(25)14-12-19-9-7-6-8-10-19/h6-14,17H,4-5,15-16H2,1-3H3,(H,23,25)/b14-12+. The average Bonchev–Trinajstić information content (AvgIpc) is 2.62. The fourth-order valence-electron chi connectivity index (χ4n) is 2.76. The van der Waals surface area contributed by atoms with Crippen molar-refractivity contribution in [3.05, 3.63) is 65.7 Å². The predicted octanol–water partition coefficient (Wildman–Crippen LogP) is 5.27. The summed E-state index contributed by atoms with van der Waals surface area (Å²) in [5.74, 6) is -0.110. The summed E-state index contributed by atoms with van der Waals surface area (Å²) in [5, 5.41) is 3.01. The Bertz CT molecular complexity index is 701. The van der Waals surface area contributed by atoms with Crippen molar-refractivity contribution in [1.82, 2.24) is 0 Å². The number of hydrogen-bond acceptors (Lipinski definition) is 2. The number of carbonyl (C=O) groups is 1. The first-order valence-corrected chi connectivity index (χ1v) is 9.03. The molecule has 0 radical (unpaired) electrons. The van der Waals surface area contributed by atoms with E-state index < -0.39 is 0 Å². The third kappa shape index (κ3) is 5.79. The minimum absolute atomic E-state index is 0.110. The zero-order valence-corrected chi connectivity index (χ0v) is 15.5. The summed E-state index contributed by atoms with van der Waals surface area (Å²) >= 11 is 0. The van der Waals surface area contributed by atoms with Gasteiger partial charge in [0.15, 0.2) is 0 Å². The van der Waals surface area contributed by atoms with Gasteiger partial charge >= 0.3 is 0 Å². The first-order chi connectivity index (χ1) is 12.1. The number of amides is 1. The van der Waals surface area contributed by atoms with Gasteiger partial charge in [0.2, 0.25) is 5.91 Å². The van der Waals surface area contributed by atoms with Crippen LogP contribution in [0, 0.1) is 6.92 Å². The van der Waals surface area contributed by atoms with Crippen LogP contribution in [-0.2, 0) is 4.79 Å². The van der Waals surface area contributed by atoms with E-state index in [1.807, 2.05) is 43.3 Å². The zero-order valence-electron chi connectivity index (χ0n) is 15.5. The second-order valence-electron chi connectivity index (χ2n) is 6.22. The molecule has 2 aromatic rings. The Kier molecular flexibility index (Phi) is 7.27. The molecule has 0 spiro atoms. The molecular formula is C22H28N2O. The van der Waals surface area contributed by atoms with Gasteiger partial charge in [-0.3, -0.25) is 4.79 Å². The van der Waals surface area contributed by atoms with Crippen LogP contribution in [0.3, 0.4) is 0 Å². The van der Waals surface area contributed by atoms with Gasteiger partial charge in [-0.25, -0.2) is 0 Å². The molecule has 1 amide bonds. The number of nitrogens with one attached hydrogen (secondary N) is 1. The minimum Gasteiger partial charge on any atom is -0.371 e. The Balaban J connectivity index is 2.11. The van der Waals surface area contributed by atoms with Crippen LogP contribution < -0.4 is 10.2 Å². The van der Waals surface area contributed by atoms with Crippen LogP contribution in [0.15, 0.2) is 54.6 Å². The molecule has 0 saturated heterocycles. The first kappa shape index (κ1) is 18.8. The van der Waals surface area contributed by atoms with E-state index in [0.717, 1.165) is 48.4 Å². The normalized spacial score (nSPS) is 10.8. The van der Waals surface area contributed by atoms with Crippen LogP contribution in [0.5, 0.6) is 0 Å². The molecular weight excluding hydrogens is 308 g/mol. The fraction of sp³-hybridized carbons (Fsp3) is 0.318. The SMILES string of the molecule is CCCN(CCC)c1ccc(C)c(NC(=O)/C=C/c2ccccc2)c1. The Hall–Kier alpha value is -2.55. The monoisotopic (exact) mass is 336 g/mol. The van der Waals surface area contributed by atoms with Gasteiger partial charge in [0, 0.05) is 30.5 Å². The summed E-state index contributed by atoms with van der Waals surface area (Å²) in [6.45, 7) is 8.45. The smallest absolute Gasteiger partial charge is 0.248 e. The molecule has 0 aliphatic heterocycles. The van der Waals surface area contributed by atoms with Gasteiger partial charge in [-0.2, -0.15) is 0 Å². The molecule has 2 aromatic carbocycles. The molecule has 25 heavy (non-hydrogen) atoms. The minimum atomic E-state index is -0.110. The van der Waals surface area contributed by atoms with Crippen LogP contribution in [0.25, 0.3) is 6.08 Å². The molecule has 0 saturated carbocycles. The van der Waals surface area contributed by atoms with Crippen molar-refractivity contribution in [3.8, 4) is 0 Å². The van der Waals surface area contributed by atoms with Gasteiger partial charge in [-0.15, -0.1) is 0 Å². The third-order valence-electron chi connectivity index (χ3n) is 4.06. The van der Waals surface area contributed by atoms with Gasteiger partial charge in [-0.05, 0) is 49.1 Å². The number of nitrogens with zero attached hydrogens (tertiary/aromatic N) is 1. The van der Waals surface area contributed by atoms with E-state index >= 15 is 0 Å². The molecule has 1 N–H and O–H groups in total. The largest absolute Gasteiger partial charge is 0.371 e. The van der Waals surface area contributed by atoms with Crippen LogP contribution in [-0.4, -0.2) is 19.0 Å². The second kappa shape index (κ2) is 9.67. The Morgan fingerprint density at radius 3 is 2.36 bits per heavy atom. The van der Waals surface area contributed by atoms with E-state index in [-0.39, 0.29) is 5.91 Å². The van der Waals surface area contributed by atoms with Crippen molar-refractivity contribution in [3.63, 3.8) is 0 Å². The van der Waals surface area contributed by atoms with Crippen molar-refractivity contribution < 1.29 is 4.79 Å². The number of rotatable bonds is 8. The molecule has 0 heterocycles. The number of hydrogen-bond donors (Lipinski definition) is 1. The van der Waals surface area contributed by atoms with Crippen molar-refractivity contribution in [2.24, 2.45) is 0 Å². The number of benzene rings is 2. The molecule has 132 valence electrons. The average molecular weight is 336 g/mol. The lowest BCUT2D eigenvalue weighted by Crippen LogP contribution is -2.25. The molecule has 3 nitrogen and oxygen atoms in total. The van der Waals surface area contributed by atoms with Gasteiger partial charge in [0.1, 0.15) is 0 Å². The van der Waals surface area contributed by atoms with E-state index in [0.29, 0.717) is 0 Å². The van der Waals surface area contributed by atoms with Gasteiger partial charge in [-0.1, -0.05) is 50.2 Å². The van der Waals surface area contributed by atoms with E-state index in [9.17, 15) is 4.79 Å². The number of carbonyl (C=O) groups excluding carboxylic acids is 1. The quantitative estimate of drug-likeness (QED) is 0.666. The zero-order chi connectivity index (χ0) is 18.1. The summed E-state index contributed by atoms with van der Waals surface area (Å²) in [4.78, 5) is 14.6. The lowest BCUT2D eigenvalue weighted by Gasteiger charge is -2.24. The second-order valence-corrected chi connectivity index (χ2v) is 6.22. The summed E-state index contributed by atoms with van der Waals surface area (Å²) in [7, 11) is 0. The Labute approximate surface area is 151 Å². The van der Waals surface area contributed by atoms with Gasteiger partial charge < -0.3 is 10.2 Å². The van der Waals surface area contributed by atoms with Crippen LogP contribution in [0.2, 0.25) is 0 Å². The first-order valence-electron chi connectivity index (χ1n) is 9.03. The molecule has 0 aromatic heterocycles. The highest BCUT2D eigenvalue weighted by Crippen LogP contribution is 2.24. The maximum Gasteiger partial charge on any atom is 0.248 e. The van der Waals surface area contributed by atoms with Crippen molar-refractivity contribution in [2.75, 3.05) is 23.3 Å². The molecule has 0 fully saturated rings. The number of aryl methyl sites for hydroxylation is 1. The van der Waals surface area contributed by atoms with Crippen molar-refractivity contribution in [2.45, 2.75) is 33.6 Å². The van der Waals surface area contributed by atoms with E-state index in [2.05, 4.69) is 42.3 Å². The summed E-state index contributed by atoms with van der Waals surface area (Å²) < 4.78 is 0. The highest BCUT2D eigenvalue weighted by Gasteiger charge is 2.08. The highest BCUT2D eigenvalue weighted by atomic mass is 16.1. The van der Waals surface area contributed by atoms with Crippen LogP contribution in [0.4, 0.5) is 11.4 Å². The van der Waals surface area contributed by atoms with E-state index in [1.54, 1.807) is 6.08 Å². The van der Waals surface area contributed by atoms with Crippen LogP contribution >= 0.6 is 0 Å². The molecule has 0 aliphatic rings. The maximum absolute atomic E-state index is 12.3. The third-order valence-corrected chi connectivity index (χ3v) is 4.06. The van der Waals surface area contributed by atoms with E-state index in [1.165, 1.54) is 0 Å². The molecule has 0 unspecified atom stereocenters. The summed E-state index contributed by atoms with van der Waals surface area (Å²) in [6.07, 6.45) is 5.62.